The van der Waals surface area contributed by atoms with Crippen LogP contribution in [0.1, 0.15) is 12.5 Å². The first kappa shape index (κ1) is 13.8. The van der Waals surface area contributed by atoms with Crippen LogP contribution in [0.4, 0.5) is 0 Å². The number of carboxylic acid groups (broad SMARTS) is 1. The van der Waals surface area contributed by atoms with E-state index in [1.807, 2.05) is 0 Å². The van der Waals surface area contributed by atoms with Crippen molar-refractivity contribution in [1.82, 2.24) is 4.31 Å². The molecule has 1 atom stereocenters. The number of aliphatic carboxylic acids is 1. The van der Waals surface area contributed by atoms with Gasteiger partial charge < -0.3 is 9.84 Å². The van der Waals surface area contributed by atoms with Crippen LogP contribution in [-0.2, 0) is 21.2 Å². The monoisotopic (exact) mass is 285 g/mol. The Balaban J connectivity index is 2.37. The van der Waals surface area contributed by atoms with Crippen LogP contribution in [0, 0.1) is 0 Å². The van der Waals surface area contributed by atoms with Gasteiger partial charge in [-0.25, -0.2) is 8.42 Å². The number of rotatable bonds is 4. The minimum Gasteiger partial charge on any atom is -0.493 e. The van der Waals surface area contributed by atoms with Crippen LogP contribution in [0.2, 0.25) is 0 Å². The molecular weight excluding hydrogens is 270 g/mol. The number of hydrogen-bond donors (Lipinski definition) is 1. The van der Waals surface area contributed by atoms with Crippen LogP contribution in [0.3, 0.4) is 0 Å². The molecule has 0 bridgehead atoms. The maximum absolute atomic E-state index is 12.3. The predicted octanol–water partition coefficient (Wildman–Crippen LogP) is 0.715. The number of carbonyl (C=O) groups is 1. The minimum absolute atomic E-state index is 0.0451. The number of hydrogen-bond acceptors (Lipinski definition) is 4. The Kier molecular flexibility index (Phi) is 3.51. The number of ether oxygens (including phenoxy) is 1. The zero-order valence-corrected chi connectivity index (χ0v) is 11.5. The van der Waals surface area contributed by atoms with Gasteiger partial charge in [-0.2, -0.15) is 4.31 Å². The Morgan fingerprint density at radius 2 is 2.16 bits per heavy atom. The quantitative estimate of drug-likeness (QED) is 0.881. The van der Waals surface area contributed by atoms with E-state index in [4.69, 9.17) is 9.84 Å². The smallest absolute Gasteiger partial charge is 0.321 e. The summed E-state index contributed by atoms with van der Waals surface area (Å²) in [5.41, 5.74) is 0.966. The highest BCUT2D eigenvalue weighted by Crippen LogP contribution is 2.29. The number of carboxylic acids is 1. The molecule has 0 unspecified atom stereocenters. The molecule has 1 aromatic rings. The van der Waals surface area contributed by atoms with Gasteiger partial charge in [0.1, 0.15) is 11.8 Å². The molecule has 0 aromatic heterocycles. The number of fused-ring (bicyclic) bond motifs is 1. The van der Waals surface area contributed by atoms with Gasteiger partial charge in [-0.05, 0) is 18.6 Å². The van der Waals surface area contributed by atoms with Gasteiger partial charge >= 0.3 is 5.97 Å². The van der Waals surface area contributed by atoms with Gasteiger partial charge in [0, 0.05) is 19.5 Å². The first-order chi connectivity index (χ1) is 8.84. The van der Waals surface area contributed by atoms with Crippen LogP contribution in [0.25, 0.3) is 0 Å². The second-order valence-corrected chi connectivity index (χ2v) is 6.40. The average Bonchev–Trinajstić information content (AvgIpc) is 2.83. The van der Waals surface area contributed by atoms with E-state index in [-0.39, 0.29) is 4.90 Å². The van der Waals surface area contributed by atoms with E-state index in [1.54, 1.807) is 6.07 Å². The fourth-order valence-electron chi connectivity index (χ4n) is 1.84. The van der Waals surface area contributed by atoms with Gasteiger partial charge in [0.25, 0.3) is 0 Å². The third-order valence-electron chi connectivity index (χ3n) is 3.25. The molecule has 0 spiro atoms. The lowest BCUT2D eigenvalue weighted by atomic mass is 10.2. The summed E-state index contributed by atoms with van der Waals surface area (Å²) >= 11 is 0. The van der Waals surface area contributed by atoms with Crippen molar-refractivity contribution in [3.8, 4) is 5.75 Å². The molecule has 6 nitrogen and oxygen atoms in total. The lowest BCUT2D eigenvalue weighted by molar-refractivity contribution is -0.140. The number of sulfonamides is 1. The zero-order valence-electron chi connectivity index (χ0n) is 10.7. The summed E-state index contributed by atoms with van der Waals surface area (Å²) in [6.45, 7) is 1.87. The van der Waals surface area contributed by atoms with Crippen LogP contribution in [0.5, 0.6) is 5.75 Å². The van der Waals surface area contributed by atoms with Crippen LogP contribution in [-0.4, -0.2) is 43.5 Å². The lowest BCUT2D eigenvalue weighted by Crippen LogP contribution is -2.40. The molecule has 0 saturated heterocycles. The molecule has 2 rings (SSSR count). The van der Waals surface area contributed by atoms with Crippen molar-refractivity contribution >= 4 is 16.0 Å². The van der Waals surface area contributed by atoms with Gasteiger partial charge in [-0.1, -0.05) is 6.07 Å². The van der Waals surface area contributed by atoms with E-state index < -0.39 is 22.0 Å². The molecule has 1 N–H and O–H groups in total. The first-order valence-corrected chi connectivity index (χ1v) is 7.24. The molecule has 7 heteroatoms. The fraction of sp³-hybridized carbons (Fsp3) is 0.417. The van der Waals surface area contributed by atoms with Crippen molar-refractivity contribution in [2.24, 2.45) is 0 Å². The van der Waals surface area contributed by atoms with E-state index >= 15 is 0 Å². The van der Waals surface area contributed by atoms with Gasteiger partial charge in [-0.15, -0.1) is 0 Å². The zero-order chi connectivity index (χ0) is 14.2. The number of likely N-dealkylation sites (N-methyl/N-ethyl adjacent to an activating group) is 1. The lowest BCUT2D eigenvalue weighted by Gasteiger charge is -2.21. The summed E-state index contributed by atoms with van der Waals surface area (Å²) in [6.07, 6.45) is 0.761. The summed E-state index contributed by atoms with van der Waals surface area (Å²) in [4.78, 5) is 10.9. The van der Waals surface area contributed by atoms with Gasteiger partial charge in [0.05, 0.1) is 11.5 Å². The fourth-order valence-corrected chi connectivity index (χ4v) is 3.17. The Labute approximate surface area is 111 Å². The minimum atomic E-state index is -3.83. The summed E-state index contributed by atoms with van der Waals surface area (Å²) in [7, 11) is -2.58. The predicted molar refractivity (Wildman–Crippen MR) is 67.7 cm³/mol. The number of nitrogens with zero attached hydrogens (tertiary/aromatic N) is 1. The van der Waals surface area contributed by atoms with Crippen LogP contribution in [0.15, 0.2) is 23.1 Å². The third-order valence-corrected chi connectivity index (χ3v) is 5.17. The molecule has 0 amide bonds. The largest absolute Gasteiger partial charge is 0.493 e. The molecule has 104 valence electrons. The van der Waals surface area contributed by atoms with Gasteiger partial charge in [-0.3, -0.25) is 4.79 Å². The maximum atomic E-state index is 12.3. The van der Waals surface area contributed by atoms with E-state index in [0.29, 0.717) is 12.4 Å². The average molecular weight is 285 g/mol. The second-order valence-electron chi connectivity index (χ2n) is 4.40. The Bertz CT molecular complexity index is 611. The SMILES string of the molecule is C[C@H](C(=O)O)N(C)S(=O)(=O)c1ccc2c(c1)OCC2. The highest BCUT2D eigenvalue weighted by molar-refractivity contribution is 7.89. The van der Waals surface area contributed by atoms with Crippen LogP contribution >= 0.6 is 0 Å². The summed E-state index contributed by atoms with van der Waals surface area (Å²) in [6, 6.07) is 3.50. The van der Waals surface area contributed by atoms with E-state index in [1.165, 1.54) is 26.1 Å². The van der Waals surface area contributed by atoms with Crippen molar-refractivity contribution in [3.63, 3.8) is 0 Å². The van der Waals surface area contributed by atoms with Crippen molar-refractivity contribution in [3.05, 3.63) is 23.8 Å². The first-order valence-electron chi connectivity index (χ1n) is 5.80. The Morgan fingerprint density at radius 1 is 1.47 bits per heavy atom. The van der Waals surface area contributed by atoms with E-state index in [0.717, 1.165) is 16.3 Å². The highest BCUT2D eigenvalue weighted by atomic mass is 32.2. The molecule has 0 fully saturated rings. The van der Waals surface area contributed by atoms with E-state index in [9.17, 15) is 13.2 Å². The molecule has 0 radical (unpaired) electrons. The molecule has 19 heavy (non-hydrogen) atoms. The highest BCUT2D eigenvalue weighted by Gasteiger charge is 2.30. The van der Waals surface area contributed by atoms with Crippen molar-refractivity contribution in [2.45, 2.75) is 24.3 Å². The molecular formula is C12H15NO5S. The van der Waals surface area contributed by atoms with Crippen molar-refractivity contribution in [2.75, 3.05) is 13.7 Å². The van der Waals surface area contributed by atoms with E-state index in [2.05, 4.69) is 0 Å². The van der Waals surface area contributed by atoms with Gasteiger partial charge in [0.15, 0.2) is 0 Å². The van der Waals surface area contributed by atoms with Crippen molar-refractivity contribution < 1.29 is 23.1 Å². The summed E-state index contributed by atoms with van der Waals surface area (Å²) in [5, 5.41) is 8.89. The number of benzene rings is 1. The normalized spacial score (nSPS) is 15.9. The van der Waals surface area contributed by atoms with Gasteiger partial charge in [0.2, 0.25) is 10.0 Å². The molecule has 0 aliphatic carbocycles. The third kappa shape index (κ3) is 2.43. The van der Waals surface area contributed by atoms with Crippen molar-refractivity contribution in [1.29, 1.82) is 0 Å². The second kappa shape index (κ2) is 4.82. The summed E-state index contributed by atoms with van der Waals surface area (Å²) < 4.78 is 30.7. The molecule has 1 heterocycles. The standard InChI is InChI=1S/C12H15NO5S/c1-8(12(14)15)13(2)19(16,17)10-4-3-9-5-6-18-11(9)7-10/h3-4,7-8H,5-6H2,1-2H3,(H,14,15)/t8-/m1/s1. The van der Waals surface area contributed by atoms with Crippen LogP contribution < -0.4 is 4.74 Å². The molecule has 1 aromatic carbocycles. The summed E-state index contributed by atoms with van der Waals surface area (Å²) in [5.74, 6) is -0.638. The molecule has 1 aliphatic heterocycles. The topological polar surface area (TPSA) is 83.9 Å². The molecule has 0 saturated carbocycles. The maximum Gasteiger partial charge on any atom is 0.321 e. The molecule has 1 aliphatic rings. The Morgan fingerprint density at radius 3 is 2.79 bits per heavy atom. The Hall–Kier alpha value is -1.60.